The quantitative estimate of drug-likeness (QED) is 0.551. The van der Waals surface area contributed by atoms with Gasteiger partial charge in [0.1, 0.15) is 0 Å². The summed E-state index contributed by atoms with van der Waals surface area (Å²) in [5.74, 6) is 0. The van der Waals surface area contributed by atoms with Gasteiger partial charge in [-0.15, -0.1) is 12.6 Å². The van der Waals surface area contributed by atoms with Crippen LogP contribution < -0.4 is 0 Å². The predicted molar refractivity (Wildman–Crippen MR) is 54.1 cm³/mol. The Hall–Kier alpha value is 0.780. The number of halogens is 2. The van der Waals surface area contributed by atoms with E-state index in [1.807, 2.05) is 18.2 Å². The molecule has 0 radical (unpaired) electrons. The minimum absolute atomic E-state index is 0.988. The molecule has 1 rings (SSSR count). The van der Waals surface area contributed by atoms with Crippen molar-refractivity contribution in [2.24, 2.45) is 0 Å². The molecule has 0 aromatic heterocycles. The van der Waals surface area contributed by atoms with E-state index >= 15 is 0 Å². The third-order valence-corrected chi connectivity index (χ3v) is 4.10. The third-order valence-electron chi connectivity index (χ3n) is 0.931. The van der Waals surface area contributed by atoms with E-state index < -0.39 is 0 Å². The highest BCUT2D eigenvalue weighted by atomic mass is 127. The molecule has 0 heterocycles. The Kier molecular flexibility index (Phi) is 2.85. The zero-order valence-corrected chi connectivity index (χ0v) is 9.07. The zero-order chi connectivity index (χ0) is 6.85. The maximum Gasteiger partial charge on any atom is 0.0442 e. The topological polar surface area (TPSA) is 0 Å². The van der Waals surface area contributed by atoms with Crippen molar-refractivity contribution in [3.8, 4) is 0 Å². The molecule has 0 N–H and O–H groups in total. The van der Waals surface area contributed by atoms with Crippen molar-refractivity contribution in [3.05, 3.63) is 26.2 Å². The van der Waals surface area contributed by atoms with Crippen LogP contribution in [-0.4, -0.2) is 0 Å². The first kappa shape index (κ1) is 7.88. The van der Waals surface area contributed by atoms with E-state index in [1.165, 1.54) is 3.57 Å². The van der Waals surface area contributed by atoms with Gasteiger partial charge in [0.25, 0.3) is 0 Å². The molecule has 0 atom stereocenters. The van der Waals surface area contributed by atoms with E-state index in [4.69, 9.17) is 0 Å². The molecule has 0 amide bonds. The average Bonchev–Trinajstić information content (AvgIpc) is 1.83. The Bertz CT molecular complexity index is 204. The lowest BCUT2D eigenvalue weighted by Crippen LogP contribution is -1.73. The molecule has 1 aromatic carbocycles. The fraction of sp³-hybridized carbons (Fsp3) is 0. The molecule has 0 saturated heterocycles. The molecule has 0 nitrogen and oxygen atoms in total. The van der Waals surface area contributed by atoms with Crippen LogP contribution in [0.15, 0.2) is 27.6 Å². The first-order chi connectivity index (χ1) is 4.22. The second kappa shape index (κ2) is 3.25. The standard InChI is InChI=1S/C6H4BrIS/c7-6-4(8)2-1-3-5(6)9/h1-3,9H. The van der Waals surface area contributed by atoms with Crippen LogP contribution in [0.4, 0.5) is 0 Å². The number of rotatable bonds is 0. The molecule has 9 heavy (non-hydrogen) atoms. The summed E-state index contributed by atoms with van der Waals surface area (Å²) in [6, 6.07) is 5.97. The fourth-order valence-corrected chi connectivity index (χ4v) is 1.67. The molecular formula is C6H4BrIS. The summed E-state index contributed by atoms with van der Waals surface area (Å²) in [5, 5.41) is 0. The summed E-state index contributed by atoms with van der Waals surface area (Å²) in [4.78, 5) is 0.988. The zero-order valence-electron chi connectivity index (χ0n) is 4.44. The lowest BCUT2D eigenvalue weighted by molar-refractivity contribution is 1.39. The highest BCUT2D eigenvalue weighted by Gasteiger charge is 1.96. The number of benzene rings is 1. The Morgan fingerprint density at radius 2 is 2.11 bits per heavy atom. The molecule has 0 aliphatic carbocycles. The van der Waals surface area contributed by atoms with Gasteiger partial charge < -0.3 is 0 Å². The van der Waals surface area contributed by atoms with Crippen LogP contribution in [0.2, 0.25) is 0 Å². The largest absolute Gasteiger partial charge is 0.142 e. The first-order valence-corrected chi connectivity index (χ1v) is 4.66. The maximum absolute atomic E-state index is 4.22. The average molecular weight is 315 g/mol. The van der Waals surface area contributed by atoms with E-state index in [0.717, 1.165) is 9.37 Å². The van der Waals surface area contributed by atoms with Crippen LogP contribution >= 0.6 is 51.1 Å². The molecular weight excluding hydrogens is 311 g/mol. The molecule has 1 aromatic rings. The summed E-state index contributed by atoms with van der Waals surface area (Å²) in [7, 11) is 0. The van der Waals surface area contributed by atoms with Gasteiger partial charge in [-0.25, -0.2) is 0 Å². The normalized spacial score (nSPS) is 9.67. The summed E-state index contributed by atoms with van der Waals surface area (Å²) in [6.07, 6.45) is 0. The molecule has 48 valence electrons. The number of hydrogen-bond donors (Lipinski definition) is 1. The van der Waals surface area contributed by atoms with Crippen LogP contribution in [0, 0.1) is 3.57 Å². The summed E-state index contributed by atoms with van der Waals surface area (Å²) < 4.78 is 2.27. The Balaban J connectivity index is 3.25. The van der Waals surface area contributed by atoms with Gasteiger partial charge in [0.2, 0.25) is 0 Å². The van der Waals surface area contributed by atoms with Gasteiger partial charge >= 0.3 is 0 Å². The molecule has 0 fully saturated rings. The SMILES string of the molecule is Sc1cccc(I)c1Br. The predicted octanol–water partition coefficient (Wildman–Crippen LogP) is 3.34. The van der Waals surface area contributed by atoms with Gasteiger partial charge in [-0.1, -0.05) is 6.07 Å². The molecule has 0 bridgehead atoms. The van der Waals surface area contributed by atoms with Crippen LogP contribution in [-0.2, 0) is 0 Å². The Labute approximate surface area is 81.7 Å². The lowest BCUT2D eigenvalue weighted by atomic mass is 10.4. The second-order valence-electron chi connectivity index (χ2n) is 1.57. The third kappa shape index (κ3) is 1.85. The van der Waals surface area contributed by atoms with Crippen molar-refractivity contribution in [1.82, 2.24) is 0 Å². The summed E-state index contributed by atoms with van der Waals surface area (Å²) >= 11 is 9.87. The van der Waals surface area contributed by atoms with E-state index in [2.05, 4.69) is 51.1 Å². The van der Waals surface area contributed by atoms with Crippen LogP contribution in [0.3, 0.4) is 0 Å². The molecule has 3 heteroatoms. The lowest BCUT2D eigenvalue weighted by Gasteiger charge is -1.96. The van der Waals surface area contributed by atoms with E-state index in [1.54, 1.807) is 0 Å². The maximum atomic E-state index is 4.22. The van der Waals surface area contributed by atoms with Crippen LogP contribution in [0.25, 0.3) is 0 Å². The van der Waals surface area contributed by atoms with Gasteiger partial charge in [0.15, 0.2) is 0 Å². The highest BCUT2D eigenvalue weighted by Crippen LogP contribution is 2.25. The number of hydrogen-bond acceptors (Lipinski definition) is 1. The van der Waals surface area contributed by atoms with E-state index in [-0.39, 0.29) is 0 Å². The Morgan fingerprint density at radius 1 is 1.44 bits per heavy atom. The van der Waals surface area contributed by atoms with Crippen molar-refractivity contribution in [2.45, 2.75) is 4.90 Å². The van der Waals surface area contributed by atoms with Crippen molar-refractivity contribution in [3.63, 3.8) is 0 Å². The summed E-state index contributed by atoms with van der Waals surface area (Å²) in [6.45, 7) is 0. The van der Waals surface area contributed by atoms with Gasteiger partial charge in [0, 0.05) is 12.9 Å². The van der Waals surface area contributed by atoms with Crippen LogP contribution in [0.5, 0.6) is 0 Å². The minimum Gasteiger partial charge on any atom is -0.142 e. The Morgan fingerprint density at radius 3 is 2.56 bits per heavy atom. The smallest absolute Gasteiger partial charge is 0.0442 e. The van der Waals surface area contributed by atoms with Gasteiger partial charge in [0.05, 0.1) is 0 Å². The van der Waals surface area contributed by atoms with Gasteiger partial charge in [-0.05, 0) is 50.7 Å². The van der Waals surface area contributed by atoms with E-state index in [0.29, 0.717) is 0 Å². The highest BCUT2D eigenvalue weighted by molar-refractivity contribution is 14.1. The number of thiol groups is 1. The fourth-order valence-electron chi connectivity index (χ4n) is 0.492. The molecule has 0 spiro atoms. The van der Waals surface area contributed by atoms with E-state index in [9.17, 15) is 0 Å². The molecule has 0 saturated carbocycles. The monoisotopic (exact) mass is 314 g/mol. The molecule has 0 unspecified atom stereocenters. The molecule has 0 aliphatic rings. The minimum atomic E-state index is 0.988. The van der Waals surface area contributed by atoms with Crippen molar-refractivity contribution in [2.75, 3.05) is 0 Å². The second-order valence-corrected chi connectivity index (χ2v) is 4.01. The van der Waals surface area contributed by atoms with Crippen molar-refractivity contribution in [1.29, 1.82) is 0 Å². The van der Waals surface area contributed by atoms with Crippen LogP contribution in [0.1, 0.15) is 0 Å². The summed E-state index contributed by atoms with van der Waals surface area (Å²) in [5.41, 5.74) is 0. The van der Waals surface area contributed by atoms with Crippen molar-refractivity contribution < 1.29 is 0 Å². The van der Waals surface area contributed by atoms with Crippen molar-refractivity contribution >= 4 is 51.1 Å². The first-order valence-electron chi connectivity index (χ1n) is 2.35. The van der Waals surface area contributed by atoms with Gasteiger partial charge in [-0.2, -0.15) is 0 Å². The molecule has 0 aliphatic heterocycles. The van der Waals surface area contributed by atoms with Gasteiger partial charge in [-0.3, -0.25) is 0 Å².